The van der Waals surface area contributed by atoms with Crippen LogP contribution in [0.2, 0.25) is 0 Å². The molecule has 6 heteroatoms. The van der Waals surface area contributed by atoms with Gasteiger partial charge < -0.3 is 24.4 Å². The second kappa shape index (κ2) is 14.3. The molecule has 1 aliphatic carbocycles. The van der Waals surface area contributed by atoms with Crippen molar-refractivity contribution in [1.29, 1.82) is 0 Å². The Morgan fingerprint density at radius 1 is 0.900 bits per heavy atom. The number of nitrogens with one attached hydrogen (secondary N) is 1. The molecule has 2 heterocycles. The van der Waals surface area contributed by atoms with Gasteiger partial charge in [0.1, 0.15) is 0 Å². The molecule has 0 spiro atoms. The molecule has 0 bridgehead atoms. The summed E-state index contributed by atoms with van der Waals surface area (Å²) in [5.74, 6) is 1.04. The first-order chi connectivity index (χ1) is 14.8. The molecule has 1 N–H and O–H groups in total. The third kappa shape index (κ3) is 8.72. The van der Waals surface area contributed by atoms with Crippen LogP contribution in [0.4, 0.5) is 0 Å². The summed E-state index contributed by atoms with van der Waals surface area (Å²) in [6, 6.07) is 0. The number of guanidine groups is 1. The van der Waals surface area contributed by atoms with Gasteiger partial charge in [-0.05, 0) is 57.8 Å². The largest absolute Gasteiger partial charge is 0.378 e. The molecule has 6 nitrogen and oxygen atoms in total. The van der Waals surface area contributed by atoms with Gasteiger partial charge >= 0.3 is 0 Å². The van der Waals surface area contributed by atoms with E-state index in [1.165, 1.54) is 51.4 Å². The van der Waals surface area contributed by atoms with Crippen molar-refractivity contribution in [3.05, 3.63) is 0 Å². The minimum atomic E-state index is 0.317. The quantitative estimate of drug-likeness (QED) is 0.261. The summed E-state index contributed by atoms with van der Waals surface area (Å²) in [6.07, 6.45) is 17.2. The first-order valence-corrected chi connectivity index (χ1v) is 12.7. The standard InChI is InChI=1S/C24H45N3O3/c1-25-24(26-15-7-9-19-28-21-10-4-2-3-5-11-21)27-16-13-22(14-17-27)30-20-23-12-6-8-18-29-23/h21-23H,2-20H2,1H3,(H,25,26). The van der Waals surface area contributed by atoms with Crippen LogP contribution in [0.3, 0.4) is 0 Å². The van der Waals surface area contributed by atoms with Crippen molar-refractivity contribution in [2.45, 2.75) is 102 Å². The Bertz CT molecular complexity index is 466. The van der Waals surface area contributed by atoms with Gasteiger partial charge in [0.15, 0.2) is 5.96 Å². The highest BCUT2D eigenvalue weighted by atomic mass is 16.5. The molecule has 30 heavy (non-hydrogen) atoms. The maximum atomic E-state index is 6.14. The summed E-state index contributed by atoms with van der Waals surface area (Å²) in [5.41, 5.74) is 0. The molecule has 1 saturated carbocycles. The molecule has 0 amide bonds. The summed E-state index contributed by atoms with van der Waals surface area (Å²) >= 11 is 0. The Kier molecular flexibility index (Phi) is 11.3. The number of hydrogen-bond acceptors (Lipinski definition) is 4. The van der Waals surface area contributed by atoms with Crippen LogP contribution in [0.25, 0.3) is 0 Å². The monoisotopic (exact) mass is 423 g/mol. The Morgan fingerprint density at radius 3 is 2.33 bits per heavy atom. The minimum Gasteiger partial charge on any atom is -0.378 e. The van der Waals surface area contributed by atoms with Crippen molar-refractivity contribution in [3.63, 3.8) is 0 Å². The maximum absolute atomic E-state index is 6.14. The molecule has 3 aliphatic rings. The van der Waals surface area contributed by atoms with Gasteiger partial charge in [0.05, 0.1) is 24.9 Å². The van der Waals surface area contributed by atoms with Crippen molar-refractivity contribution >= 4 is 5.96 Å². The van der Waals surface area contributed by atoms with Gasteiger partial charge in [-0.1, -0.05) is 25.7 Å². The van der Waals surface area contributed by atoms with Crippen LogP contribution in [0, 0.1) is 0 Å². The van der Waals surface area contributed by atoms with Gasteiger partial charge in [-0.2, -0.15) is 0 Å². The first-order valence-electron chi connectivity index (χ1n) is 12.7. The van der Waals surface area contributed by atoms with E-state index >= 15 is 0 Å². The Labute approximate surface area is 184 Å². The maximum Gasteiger partial charge on any atom is 0.193 e. The molecule has 2 aliphatic heterocycles. The van der Waals surface area contributed by atoms with Crippen LogP contribution < -0.4 is 5.32 Å². The smallest absolute Gasteiger partial charge is 0.193 e. The molecule has 3 rings (SSSR count). The predicted molar refractivity (Wildman–Crippen MR) is 122 cm³/mol. The Hall–Kier alpha value is -0.850. The predicted octanol–water partition coefficient (Wildman–Crippen LogP) is 4.13. The molecule has 0 radical (unpaired) electrons. The fraction of sp³-hybridized carbons (Fsp3) is 0.958. The zero-order valence-electron chi connectivity index (χ0n) is 19.3. The highest BCUT2D eigenvalue weighted by Gasteiger charge is 2.23. The second-order valence-electron chi connectivity index (χ2n) is 9.17. The van der Waals surface area contributed by atoms with Gasteiger partial charge in [-0.15, -0.1) is 0 Å². The number of aliphatic imine (C=N–C) groups is 1. The van der Waals surface area contributed by atoms with E-state index in [0.29, 0.717) is 18.3 Å². The molecule has 0 aromatic rings. The van der Waals surface area contributed by atoms with Crippen LogP contribution in [0.5, 0.6) is 0 Å². The third-order valence-electron chi connectivity index (χ3n) is 6.76. The molecule has 1 unspecified atom stereocenters. The Morgan fingerprint density at radius 2 is 1.63 bits per heavy atom. The molecule has 0 aromatic heterocycles. The second-order valence-corrected chi connectivity index (χ2v) is 9.17. The lowest BCUT2D eigenvalue weighted by atomic mass is 10.1. The fourth-order valence-corrected chi connectivity index (χ4v) is 4.83. The van der Waals surface area contributed by atoms with E-state index in [1.54, 1.807) is 0 Å². The average Bonchev–Trinajstić information content (AvgIpc) is 3.07. The van der Waals surface area contributed by atoms with Gasteiger partial charge in [-0.25, -0.2) is 0 Å². The van der Waals surface area contributed by atoms with Gasteiger partial charge in [-0.3, -0.25) is 4.99 Å². The van der Waals surface area contributed by atoms with Crippen molar-refractivity contribution in [3.8, 4) is 0 Å². The van der Waals surface area contributed by atoms with E-state index in [4.69, 9.17) is 14.2 Å². The molecule has 3 fully saturated rings. The van der Waals surface area contributed by atoms with E-state index in [9.17, 15) is 0 Å². The van der Waals surface area contributed by atoms with E-state index in [1.807, 2.05) is 7.05 Å². The number of unbranched alkanes of at least 4 members (excludes halogenated alkanes) is 1. The summed E-state index contributed by atoms with van der Waals surface area (Å²) in [6.45, 7) is 5.57. The molecular weight excluding hydrogens is 378 g/mol. The van der Waals surface area contributed by atoms with Crippen molar-refractivity contribution in [2.75, 3.05) is 46.5 Å². The van der Waals surface area contributed by atoms with E-state index in [-0.39, 0.29) is 0 Å². The van der Waals surface area contributed by atoms with E-state index < -0.39 is 0 Å². The van der Waals surface area contributed by atoms with Gasteiger partial charge in [0, 0.05) is 39.9 Å². The van der Waals surface area contributed by atoms with Crippen molar-refractivity contribution in [2.24, 2.45) is 4.99 Å². The highest BCUT2D eigenvalue weighted by Crippen LogP contribution is 2.20. The number of nitrogens with zero attached hydrogens (tertiary/aromatic N) is 2. The lowest BCUT2D eigenvalue weighted by Gasteiger charge is -2.35. The van der Waals surface area contributed by atoms with Crippen molar-refractivity contribution in [1.82, 2.24) is 10.2 Å². The van der Waals surface area contributed by atoms with E-state index in [0.717, 1.165) is 77.5 Å². The molecule has 1 atom stereocenters. The van der Waals surface area contributed by atoms with Gasteiger partial charge in [0.25, 0.3) is 0 Å². The average molecular weight is 424 g/mol. The van der Waals surface area contributed by atoms with Crippen LogP contribution in [0.1, 0.15) is 83.5 Å². The summed E-state index contributed by atoms with van der Waals surface area (Å²) in [4.78, 5) is 6.87. The zero-order valence-corrected chi connectivity index (χ0v) is 19.3. The number of ether oxygens (including phenoxy) is 3. The van der Waals surface area contributed by atoms with Crippen LogP contribution in [-0.4, -0.2) is 75.7 Å². The molecule has 174 valence electrons. The third-order valence-corrected chi connectivity index (χ3v) is 6.76. The number of rotatable bonds is 9. The number of likely N-dealkylation sites (tertiary alicyclic amines) is 1. The number of piperidine rings is 1. The topological polar surface area (TPSA) is 55.3 Å². The highest BCUT2D eigenvalue weighted by molar-refractivity contribution is 5.79. The first kappa shape index (κ1) is 23.8. The summed E-state index contributed by atoms with van der Waals surface area (Å²) in [5, 5.41) is 3.55. The van der Waals surface area contributed by atoms with Gasteiger partial charge in [0.2, 0.25) is 0 Å². The Balaban J connectivity index is 1.22. The minimum absolute atomic E-state index is 0.317. The lowest BCUT2D eigenvalue weighted by Crippen LogP contribution is -2.47. The summed E-state index contributed by atoms with van der Waals surface area (Å²) < 4.78 is 18.0. The van der Waals surface area contributed by atoms with E-state index in [2.05, 4.69) is 15.2 Å². The summed E-state index contributed by atoms with van der Waals surface area (Å²) in [7, 11) is 1.89. The molecule has 2 saturated heterocycles. The van der Waals surface area contributed by atoms with Crippen LogP contribution in [-0.2, 0) is 14.2 Å². The fourth-order valence-electron chi connectivity index (χ4n) is 4.83. The number of hydrogen-bond donors (Lipinski definition) is 1. The molecule has 0 aromatic carbocycles. The van der Waals surface area contributed by atoms with Crippen LogP contribution in [0.15, 0.2) is 4.99 Å². The normalized spacial score (nSPS) is 25.3. The van der Waals surface area contributed by atoms with Crippen molar-refractivity contribution < 1.29 is 14.2 Å². The SMILES string of the molecule is CN=C(NCCCCOC1CCCCCC1)N1CCC(OCC2CCCCO2)CC1. The lowest BCUT2D eigenvalue weighted by molar-refractivity contribution is -0.0721. The zero-order chi connectivity index (χ0) is 20.9. The van der Waals surface area contributed by atoms with Crippen LogP contribution >= 0.6 is 0 Å². The molecular formula is C24H45N3O3.